The minimum atomic E-state index is -5.09. The first-order valence-corrected chi connectivity index (χ1v) is 11.3. The number of hydrogen-bond acceptors (Lipinski definition) is 9. The van der Waals surface area contributed by atoms with Crippen LogP contribution in [0.2, 0.25) is 0 Å². The second-order valence-electron chi connectivity index (χ2n) is 7.94. The molecule has 35 heavy (non-hydrogen) atoms. The summed E-state index contributed by atoms with van der Waals surface area (Å²) in [5.74, 6) is -2.09. The van der Waals surface area contributed by atoms with Crippen molar-refractivity contribution >= 4 is 11.9 Å². The Kier molecular flexibility index (Phi) is 12.4. The molecule has 204 valence electrons. The molecular formula is C20H34F3N3O9. The van der Waals surface area contributed by atoms with Crippen molar-refractivity contribution in [1.82, 2.24) is 15.5 Å². The first kappa shape index (κ1) is 29.5. The summed E-state index contributed by atoms with van der Waals surface area (Å²) >= 11 is 0. The van der Waals surface area contributed by atoms with Crippen LogP contribution in [0, 0.1) is 0 Å². The van der Waals surface area contributed by atoms with Gasteiger partial charge in [0.15, 0.2) is 0 Å². The number of carbonyl (C=O) groups is 2. The van der Waals surface area contributed by atoms with E-state index in [-0.39, 0.29) is 32.7 Å². The van der Waals surface area contributed by atoms with E-state index in [0.29, 0.717) is 44.5 Å². The van der Waals surface area contributed by atoms with Gasteiger partial charge in [0.2, 0.25) is 0 Å². The third-order valence-electron chi connectivity index (χ3n) is 5.50. The van der Waals surface area contributed by atoms with Crippen molar-refractivity contribution in [3.8, 4) is 0 Å². The zero-order valence-electron chi connectivity index (χ0n) is 19.5. The van der Waals surface area contributed by atoms with Gasteiger partial charge in [-0.3, -0.25) is 4.79 Å². The molecule has 0 bridgehead atoms. The van der Waals surface area contributed by atoms with Crippen molar-refractivity contribution in [2.45, 2.75) is 43.1 Å². The van der Waals surface area contributed by atoms with Crippen molar-refractivity contribution in [2.24, 2.45) is 0 Å². The summed E-state index contributed by atoms with van der Waals surface area (Å²) in [5.41, 5.74) is 0. The summed E-state index contributed by atoms with van der Waals surface area (Å²) in [6.45, 7) is 2.57. The van der Waals surface area contributed by atoms with Gasteiger partial charge in [0.1, 0.15) is 18.3 Å². The van der Waals surface area contributed by atoms with Crippen LogP contribution in [0.3, 0.4) is 0 Å². The predicted molar refractivity (Wildman–Crippen MR) is 113 cm³/mol. The maximum absolute atomic E-state index is 12.8. The lowest BCUT2D eigenvalue weighted by molar-refractivity contribution is -0.207. The van der Waals surface area contributed by atoms with Crippen molar-refractivity contribution in [1.29, 1.82) is 0 Å². The molecule has 0 radical (unpaired) electrons. The van der Waals surface area contributed by atoms with Gasteiger partial charge >= 0.3 is 18.1 Å². The summed E-state index contributed by atoms with van der Waals surface area (Å²) < 4.78 is 64.6. The number of carbonyl (C=O) groups excluding carboxylic acids is 2. The molecule has 12 nitrogen and oxygen atoms in total. The molecule has 2 aliphatic rings. The third kappa shape index (κ3) is 9.33. The van der Waals surface area contributed by atoms with E-state index in [4.69, 9.17) is 23.7 Å². The fourth-order valence-corrected chi connectivity index (χ4v) is 3.81. The van der Waals surface area contributed by atoms with Crippen LogP contribution in [-0.2, 0) is 28.5 Å². The number of aliphatic hydroxyl groups excluding tert-OH is 2. The molecule has 4 N–H and O–H groups in total. The zero-order valence-corrected chi connectivity index (χ0v) is 19.5. The number of hydrogen-bond donors (Lipinski definition) is 4. The number of alkyl halides is 3. The molecule has 15 heteroatoms. The molecule has 2 heterocycles. The quantitative estimate of drug-likeness (QED) is 0.205. The number of methoxy groups -OCH3 is 1. The van der Waals surface area contributed by atoms with E-state index >= 15 is 0 Å². The molecule has 0 aliphatic carbocycles. The van der Waals surface area contributed by atoms with E-state index in [9.17, 15) is 33.0 Å². The van der Waals surface area contributed by atoms with E-state index in [0.717, 1.165) is 0 Å². The largest absolute Gasteiger partial charge is 0.471 e. The Balaban J connectivity index is 1.58. The van der Waals surface area contributed by atoms with E-state index in [1.165, 1.54) is 0 Å². The SMILES string of the molecule is COCCOCCOCCOCCNC(=O)NCC1O[C@@H]2CCN(C(=O)C(F)(F)F)[C@@H]2[C@@H](O)[C@H]1O. The number of nitrogens with one attached hydrogen (secondary N) is 2. The van der Waals surface area contributed by atoms with Gasteiger partial charge in [0.05, 0.1) is 58.4 Å². The van der Waals surface area contributed by atoms with Gasteiger partial charge in [-0.25, -0.2) is 4.79 Å². The average molecular weight is 517 g/mol. The number of nitrogens with zero attached hydrogens (tertiary/aromatic N) is 1. The Labute approximate surface area is 200 Å². The molecule has 0 spiro atoms. The Morgan fingerprint density at radius 2 is 1.57 bits per heavy atom. The Morgan fingerprint density at radius 3 is 2.17 bits per heavy atom. The number of fused-ring (bicyclic) bond motifs is 1. The van der Waals surface area contributed by atoms with E-state index < -0.39 is 48.6 Å². The van der Waals surface area contributed by atoms with Crippen molar-refractivity contribution in [3.05, 3.63) is 0 Å². The lowest BCUT2D eigenvalue weighted by Gasteiger charge is -2.42. The van der Waals surface area contributed by atoms with Gasteiger partial charge in [-0.15, -0.1) is 0 Å². The number of rotatable bonds is 14. The summed E-state index contributed by atoms with van der Waals surface area (Å²) in [6.07, 6.45) is -10.2. The highest BCUT2D eigenvalue weighted by atomic mass is 19.4. The molecule has 0 aromatic heterocycles. The molecule has 5 atom stereocenters. The molecule has 1 unspecified atom stereocenters. The first-order valence-electron chi connectivity index (χ1n) is 11.3. The van der Waals surface area contributed by atoms with Crippen LogP contribution in [0.25, 0.3) is 0 Å². The summed E-state index contributed by atoms with van der Waals surface area (Å²) in [4.78, 5) is 24.0. The maximum atomic E-state index is 12.8. The number of amides is 3. The number of urea groups is 1. The van der Waals surface area contributed by atoms with Crippen LogP contribution in [0.5, 0.6) is 0 Å². The second kappa shape index (κ2) is 14.7. The molecule has 2 aliphatic heterocycles. The van der Waals surface area contributed by atoms with E-state index in [1.54, 1.807) is 7.11 Å². The molecule has 3 amide bonds. The molecule has 2 rings (SSSR count). The lowest BCUT2D eigenvalue weighted by Crippen LogP contribution is -2.63. The fraction of sp³-hybridized carbons (Fsp3) is 0.900. The van der Waals surface area contributed by atoms with Crippen LogP contribution in [0.1, 0.15) is 6.42 Å². The van der Waals surface area contributed by atoms with Gasteiger partial charge in [-0.05, 0) is 6.42 Å². The van der Waals surface area contributed by atoms with Crippen molar-refractivity contribution in [2.75, 3.05) is 73.0 Å². The summed E-state index contributed by atoms with van der Waals surface area (Å²) in [5, 5.41) is 25.6. The molecular weight excluding hydrogens is 483 g/mol. The fourth-order valence-electron chi connectivity index (χ4n) is 3.81. The molecule has 0 saturated carbocycles. The third-order valence-corrected chi connectivity index (χ3v) is 5.50. The highest BCUT2D eigenvalue weighted by molar-refractivity contribution is 5.82. The Bertz CT molecular complexity index is 659. The standard InChI is InChI=1S/C20H34F3N3O9/c1-31-6-7-33-10-11-34-9-8-32-5-3-24-19(30)25-12-14-16(27)17(28)15-13(35-14)2-4-26(15)18(29)20(21,22)23/h13-17,27-28H,2-12H2,1H3,(H2,24,25,30)/t13-,14?,15+,16+,17-/m1/s1. The van der Waals surface area contributed by atoms with Gasteiger partial charge in [-0.2, -0.15) is 13.2 Å². The lowest BCUT2D eigenvalue weighted by atomic mass is 9.93. The number of ether oxygens (including phenoxy) is 5. The molecule has 2 saturated heterocycles. The second-order valence-corrected chi connectivity index (χ2v) is 7.94. The average Bonchev–Trinajstić information content (AvgIpc) is 3.23. The topological polar surface area (TPSA) is 148 Å². The highest BCUT2D eigenvalue weighted by Crippen LogP contribution is 2.34. The zero-order chi connectivity index (χ0) is 25.8. The van der Waals surface area contributed by atoms with Crippen LogP contribution < -0.4 is 10.6 Å². The van der Waals surface area contributed by atoms with Crippen LogP contribution >= 0.6 is 0 Å². The molecule has 0 aromatic carbocycles. The van der Waals surface area contributed by atoms with Crippen molar-refractivity contribution in [3.63, 3.8) is 0 Å². The maximum Gasteiger partial charge on any atom is 0.471 e. The monoisotopic (exact) mass is 517 g/mol. The van der Waals surface area contributed by atoms with Gasteiger partial charge in [0, 0.05) is 26.7 Å². The molecule has 2 fully saturated rings. The first-order chi connectivity index (χ1) is 16.7. The minimum Gasteiger partial charge on any atom is -0.388 e. The Hall–Kier alpha value is -1.75. The van der Waals surface area contributed by atoms with Gasteiger partial charge in [0.25, 0.3) is 0 Å². The summed E-state index contributed by atoms with van der Waals surface area (Å²) in [7, 11) is 1.59. The molecule has 0 aromatic rings. The Morgan fingerprint density at radius 1 is 0.971 bits per heavy atom. The van der Waals surface area contributed by atoms with Crippen LogP contribution in [0.4, 0.5) is 18.0 Å². The normalized spacial score (nSPS) is 26.5. The number of halogens is 3. The van der Waals surface area contributed by atoms with E-state index in [2.05, 4.69) is 10.6 Å². The smallest absolute Gasteiger partial charge is 0.388 e. The number of aliphatic hydroxyl groups is 2. The van der Waals surface area contributed by atoms with Crippen molar-refractivity contribution < 1.29 is 56.7 Å². The van der Waals surface area contributed by atoms with Crippen LogP contribution in [0.15, 0.2) is 0 Å². The van der Waals surface area contributed by atoms with Gasteiger partial charge < -0.3 is 49.4 Å². The highest BCUT2D eigenvalue weighted by Gasteiger charge is 2.55. The number of likely N-dealkylation sites (tertiary alicyclic amines) is 1. The predicted octanol–water partition coefficient (Wildman–Crippen LogP) is -1.37. The van der Waals surface area contributed by atoms with Crippen LogP contribution in [-0.4, -0.2) is 137 Å². The summed E-state index contributed by atoms with van der Waals surface area (Å²) in [6, 6.07) is -1.89. The minimum absolute atomic E-state index is 0.0703. The van der Waals surface area contributed by atoms with E-state index in [1.807, 2.05) is 0 Å². The van der Waals surface area contributed by atoms with Gasteiger partial charge in [-0.1, -0.05) is 0 Å².